The lowest BCUT2D eigenvalue weighted by atomic mass is 10.1. The van der Waals surface area contributed by atoms with Crippen LogP contribution in [-0.4, -0.2) is 60.6 Å². The van der Waals surface area contributed by atoms with Gasteiger partial charge in [-0.3, -0.25) is 0 Å². The summed E-state index contributed by atoms with van der Waals surface area (Å²) in [6.07, 6.45) is -4.35. The summed E-state index contributed by atoms with van der Waals surface area (Å²) in [6, 6.07) is 12.2. The molecule has 1 aromatic heterocycles. The second-order valence-corrected chi connectivity index (χ2v) is 8.28. The average molecular weight is 491 g/mol. The van der Waals surface area contributed by atoms with Gasteiger partial charge in [-0.2, -0.15) is 13.2 Å². The van der Waals surface area contributed by atoms with Gasteiger partial charge in [0.25, 0.3) is 0 Å². The Kier molecular flexibility index (Phi) is 8.36. The number of aryl methyl sites for hydroxylation is 1. The van der Waals surface area contributed by atoms with Gasteiger partial charge in [0.1, 0.15) is 17.9 Å². The van der Waals surface area contributed by atoms with Crippen LogP contribution in [0.2, 0.25) is 0 Å². The van der Waals surface area contributed by atoms with Crippen LogP contribution < -0.4 is 20.3 Å². The molecular weight excluding hydrogens is 461 g/mol. The predicted molar refractivity (Wildman–Crippen MR) is 130 cm³/mol. The van der Waals surface area contributed by atoms with Crippen LogP contribution in [0.15, 0.2) is 54.9 Å². The fourth-order valence-electron chi connectivity index (χ4n) is 3.17. The molecule has 3 aromatic rings. The molecule has 8 nitrogen and oxygen atoms in total. The zero-order valence-corrected chi connectivity index (χ0v) is 20.0. The first-order chi connectivity index (χ1) is 16.5. The van der Waals surface area contributed by atoms with E-state index in [0.29, 0.717) is 17.3 Å². The van der Waals surface area contributed by atoms with E-state index in [-0.39, 0.29) is 11.3 Å². The van der Waals surface area contributed by atoms with Gasteiger partial charge in [0.05, 0.1) is 5.56 Å². The van der Waals surface area contributed by atoms with Gasteiger partial charge in [-0.15, -0.1) is 0 Å². The fourth-order valence-corrected chi connectivity index (χ4v) is 3.17. The number of benzene rings is 2. The van der Waals surface area contributed by atoms with Crippen molar-refractivity contribution in [3.05, 3.63) is 66.0 Å². The number of halogens is 3. The molecule has 1 atom stereocenters. The molecule has 0 fully saturated rings. The summed E-state index contributed by atoms with van der Waals surface area (Å²) in [5, 5.41) is 15.6. The zero-order chi connectivity index (χ0) is 25.6. The first kappa shape index (κ1) is 26.0. The molecule has 35 heavy (non-hydrogen) atoms. The second kappa shape index (κ2) is 11.2. The second-order valence-electron chi connectivity index (χ2n) is 8.28. The quantitative estimate of drug-likeness (QED) is 0.361. The van der Waals surface area contributed by atoms with E-state index in [0.717, 1.165) is 25.0 Å². The highest BCUT2D eigenvalue weighted by molar-refractivity contribution is 5.53. The topological polar surface area (TPSA) is 85.8 Å². The predicted octanol–water partition coefficient (Wildman–Crippen LogP) is 4.39. The maximum Gasteiger partial charge on any atom is 0.416 e. The SMILES string of the molecule is Cc1ccc(NC(O)Nc2ccc(Oc3cc(N(C)CCN(C)C)ncn3)cc2)cc1C(F)(F)F. The number of aliphatic hydroxyl groups excluding tert-OH is 1. The minimum absolute atomic E-state index is 0.108. The fraction of sp³-hybridized carbons (Fsp3) is 0.333. The number of nitrogens with zero attached hydrogens (tertiary/aromatic N) is 4. The van der Waals surface area contributed by atoms with Crippen LogP contribution in [0, 0.1) is 6.92 Å². The van der Waals surface area contributed by atoms with E-state index in [1.54, 1.807) is 30.3 Å². The van der Waals surface area contributed by atoms with Crippen LogP contribution in [0.25, 0.3) is 0 Å². The highest BCUT2D eigenvalue weighted by Gasteiger charge is 2.32. The highest BCUT2D eigenvalue weighted by Crippen LogP contribution is 2.33. The Morgan fingerprint density at radius 3 is 2.26 bits per heavy atom. The minimum Gasteiger partial charge on any atom is -0.439 e. The van der Waals surface area contributed by atoms with Gasteiger partial charge in [-0.1, -0.05) is 6.07 Å². The molecule has 11 heteroatoms. The number of anilines is 3. The lowest BCUT2D eigenvalue weighted by molar-refractivity contribution is -0.138. The maximum atomic E-state index is 13.1. The van der Waals surface area contributed by atoms with Gasteiger partial charge in [-0.25, -0.2) is 9.97 Å². The van der Waals surface area contributed by atoms with Crippen LogP contribution in [0.4, 0.5) is 30.4 Å². The normalized spacial score (nSPS) is 12.4. The molecule has 3 N–H and O–H groups in total. The molecule has 0 saturated heterocycles. The summed E-state index contributed by atoms with van der Waals surface area (Å²) in [7, 11) is 5.94. The van der Waals surface area contributed by atoms with Gasteiger partial charge >= 0.3 is 6.18 Å². The molecule has 0 aliphatic carbocycles. The van der Waals surface area contributed by atoms with Gasteiger partial charge in [0.15, 0.2) is 0 Å². The molecule has 1 unspecified atom stereocenters. The summed E-state index contributed by atoms with van der Waals surface area (Å²) >= 11 is 0. The Morgan fingerprint density at radius 2 is 1.60 bits per heavy atom. The zero-order valence-electron chi connectivity index (χ0n) is 20.0. The van der Waals surface area contributed by atoms with E-state index in [9.17, 15) is 18.3 Å². The van der Waals surface area contributed by atoms with Gasteiger partial charge in [0.2, 0.25) is 12.2 Å². The number of rotatable bonds is 10. The van der Waals surface area contributed by atoms with Crippen molar-refractivity contribution in [2.24, 2.45) is 0 Å². The number of hydrogen-bond acceptors (Lipinski definition) is 8. The maximum absolute atomic E-state index is 13.1. The molecule has 2 aromatic carbocycles. The van der Waals surface area contributed by atoms with Crippen molar-refractivity contribution in [2.45, 2.75) is 19.5 Å². The largest absolute Gasteiger partial charge is 0.439 e. The molecule has 0 amide bonds. The number of aliphatic hydroxyl groups is 1. The van der Waals surface area contributed by atoms with Crippen LogP contribution >= 0.6 is 0 Å². The van der Waals surface area contributed by atoms with Crippen LogP contribution in [0.3, 0.4) is 0 Å². The number of likely N-dealkylation sites (N-methyl/N-ethyl adjacent to an activating group) is 2. The Labute approximate surface area is 202 Å². The molecule has 0 radical (unpaired) electrons. The Hall–Kier alpha value is -3.57. The first-order valence-electron chi connectivity index (χ1n) is 10.9. The minimum atomic E-state index is -4.47. The van der Waals surface area contributed by atoms with Crippen molar-refractivity contribution in [3.63, 3.8) is 0 Å². The van der Waals surface area contributed by atoms with E-state index in [2.05, 4.69) is 25.5 Å². The van der Waals surface area contributed by atoms with Crippen LogP contribution in [0.1, 0.15) is 11.1 Å². The van der Waals surface area contributed by atoms with E-state index < -0.39 is 18.1 Å². The number of hydrogen-bond donors (Lipinski definition) is 3. The summed E-state index contributed by atoms with van der Waals surface area (Å²) in [6.45, 7) is 3.05. The van der Waals surface area contributed by atoms with Crippen molar-refractivity contribution in [2.75, 3.05) is 49.8 Å². The van der Waals surface area contributed by atoms with Crippen molar-refractivity contribution >= 4 is 17.2 Å². The molecular formula is C24H29F3N6O2. The summed E-state index contributed by atoms with van der Waals surface area (Å²) < 4.78 is 45.1. The van der Waals surface area contributed by atoms with Crippen molar-refractivity contribution < 1.29 is 23.0 Å². The van der Waals surface area contributed by atoms with Gasteiger partial charge in [-0.05, 0) is 63.0 Å². The summed E-state index contributed by atoms with van der Waals surface area (Å²) in [5.41, 5.74) is 0.0235. The van der Waals surface area contributed by atoms with Crippen LogP contribution in [-0.2, 0) is 6.18 Å². The monoisotopic (exact) mass is 490 g/mol. The average Bonchev–Trinajstić information content (AvgIpc) is 2.79. The molecule has 0 aliphatic rings. The smallest absolute Gasteiger partial charge is 0.416 e. The lowest BCUT2D eigenvalue weighted by Crippen LogP contribution is -2.29. The summed E-state index contributed by atoms with van der Waals surface area (Å²) in [5.74, 6) is 1.63. The van der Waals surface area contributed by atoms with Crippen molar-refractivity contribution in [1.29, 1.82) is 0 Å². The third kappa shape index (κ3) is 7.72. The van der Waals surface area contributed by atoms with E-state index in [4.69, 9.17) is 4.74 Å². The number of nitrogens with one attached hydrogen (secondary N) is 2. The van der Waals surface area contributed by atoms with E-state index >= 15 is 0 Å². The van der Waals surface area contributed by atoms with Gasteiger partial charge < -0.3 is 30.3 Å². The lowest BCUT2D eigenvalue weighted by Gasteiger charge is -2.20. The highest BCUT2D eigenvalue weighted by atomic mass is 19.4. The Balaban J connectivity index is 1.58. The number of aromatic nitrogens is 2. The molecule has 1 heterocycles. The van der Waals surface area contributed by atoms with Crippen molar-refractivity contribution in [3.8, 4) is 11.6 Å². The third-order valence-corrected chi connectivity index (χ3v) is 5.13. The standard InChI is InChI=1S/C24H29F3N6O2/c1-16-5-6-18(13-20(16)24(25,26)27)31-23(34)30-17-7-9-19(10-8-17)35-22-14-21(28-15-29-22)33(4)12-11-32(2)3/h5-10,13-15,23,30-31,34H,11-12H2,1-4H3. The molecule has 0 bridgehead atoms. The number of ether oxygens (including phenoxy) is 1. The molecule has 0 saturated carbocycles. The van der Waals surface area contributed by atoms with Crippen LogP contribution in [0.5, 0.6) is 11.6 Å². The molecule has 3 rings (SSSR count). The Bertz CT molecular complexity index is 1110. The van der Waals surface area contributed by atoms with Gasteiger partial charge in [0, 0.05) is 37.6 Å². The van der Waals surface area contributed by atoms with Crippen molar-refractivity contribution in [1.82, 2.24) is 14.9 Å². The van der Waals surface area contributed by atoms with E-state index in [1.165, 1.54) is 25.4 Å². The molecule has 0 spiro atoms. The Morgan fingerprint density at radius 1 is 0.943 bits per heavy atom. The summed E-state index contributed by atoms with van der Waals surface area (Å²) in [4.78, 5) is 12.5. The third-order valence-electron chi connectivity index (χ3n) is 5.13. The first-order valence-corrected chi connectivity index (χ1v) is 10.9. The van der Waals surface area contributed by atoms with E-state index in [1.807, 2.05) is 26.0 Å². The molecule has 0 aliphatic heterocycles. The molecule has 188 valence electrons. The number of alkyl halides is 3.